The summed E-state index contributed by atoms with van der Waals surface area (Å²) in [7, 11) is 1.75. The number of rotatable bonds is 6. The van der Waals surface area contributed by atoms with Gasteiger partial charge in [0, 0.05) is 38.3 Å². The summed E-state index contributed by atoms with van der Waals surface area (Å²) < 4.78 is 7.53. The number of hydrogen-bond donors (Lipinski definition) is 0. The second-order valence-electron chi connectivity index (χ2n) is 7.14. The van der Waals surface area contributed by atoms with E-state index < -0.39 is 0 Å². The predicted molar refractivity (Wildman–Crippen MR) is 94.4 cm³/mol. The molecule has 0 radical (unpaired) electrons. The zero-order chi connectivity index (χ0) is 17.2. The summed E-state index contributed by atoms with van der Waals surface area (Å²) in [6.07, 6.45) is 2.42. The summed E-state index contributed by atoms with van der Waals surface area (Å²) in [5.41, 5.74) is 2.55. The van der Waals surface area contributed by atoms with E-state index in [9.17, 15) is 0 Å². The molecule has 7 heteroatoms. The lowest BCUT2D eigenvalue weighted by atomic mass is 10.1. The van der Waals surface area contributed by atoms with Crippen molar-refractivity contribution in [2.45, 2.75) is 38.9 Å². The van der Waals surface area contributed by atoms with Crippen molar-refractivity contribution in [1.29, 1.82) is 0 Å². The summed E-state index contributed by atoms with van der Waals surface area (Å²) in [4.78, 5) is 4.95. The Morgan fingerprint density at radius 2 is 1.80 bits per heavy atom. The molecule has 1 aromatic heterocycles. The highest BCUT2D eigenvalue weighted by atomic mass is 16.5. The quantitative estimate of drug-likeness (QED) is 0.795. The van der Waals surface area contributed by atoms with E-state index in [1.54, 1.807) is 7.11 Å². The zero-order valence-corrected chi connectivity index (χ0v) is 15.1. The average Bonchev–Trinajstić information content (AvgIpc) is 3.36. The number of methoxy groups -OCH3 is 1. The first kappa shape index (κ1) is 16.5. The maximum atomic E-state index is 5.51. The molecule has 1 aliphatic carbocycles. The van der Waals surface area contributed by atoms with Crippen molar-refractivity contribution in [3.8, 4) is 5.75 Å². The van der Waals surface area contributed by atoms with Crippen molar-refractivity contribution in [3.05, 3.63) is 35.2 Å². The summed E-state index contributed by atoms with van der Waals surface area (Å²) in [6, 6.07) is 6.94. The molecule has 0 amide bonds. The third kappa shape index (κ3) is 3.82. The smallest absolute Gasteiger partial charge is 0.165 e. The van der Waals surface area contributed by atoms with E-state index in [1.165, 1.54) is 24.0 Å². The first-order valence-electron chi connectivity index (χ1n) is 9.08. The van der Waals surface area contributed by atoms with Crippen LogP contribution < -0.4 is 4.74 Å². The van der Waals surface area contributed by atoms with Crippen molar-refractivity contribution >= 4 is 0 Å². The molecule has 7 nitrogen and oxygen atoms in total. The second kappa shape index (κ2) is 7.09. The predicted octanol–water partition coefficient (Wildman–Crippen LogP) is 1.64. The lowest BCUT2D eigenvalue weighted by molar-refractivity contribution is 0.117. The molecule has 1 aliphatic heterocycles. The van der Waals surface area contributed by atoms with Crippen molar-refractivity contribution in [2.75, 3.05) is 33.3 Å². The zero-order valence-electron chi connectivity index (χ0n) is 15.1. The molecule has 1 aromatic carbocycles. The molecule has 0 N–H and O–H groups in total. The van der Waals surface area contributed by atoms with Gasteiger partial charge in [0.25, 0.3) is 0 Å². The summed E-state index contributed by atoms with van der Waals surface area (Å²) >= 11 is 0. The third-order valence-electron chi connectivity index (χ3n) is 5.11. The van der Waals surface area contributed by atoms with Gasteiger partial charge in [-0.1, -0.05) is 17.7 Å². The van der Waals surface area contributed by atoms with Gasteiger partial charge in [-0.2, -0.15) is 0 Å². The normalized spacial score (nSPS) is 19.3. The van der Waals surface area contributed by atoms with Crippen LogP contribution in [-0.2, 0) is 13.1 Å². The molecule has 2 heterocycles. The minimum absolute atomic E-state index is 0.542. The van der Waals surface area contributed by atoms with Crippen LogP contribution in [0.1, 0.15) is 35.8 Å². The van der Waals surface area contributed by atoms with Gasteiger partial charge in [0.05, 0.1) is 19.7 Å². The monoisotopic (exact) mass is 342 g/mol. The van der Waals surface area contributed by atoms with Gasteiger partial charge in [-0.05, 0) is 36.3 Å². The number of tetrazole rings is 1. The van der Waals surface area contributed by atoms with Crippen LogP contribution in [0.2, 0.25) is 0 Å². The van der Waals surface area contributed by atoms with Crippen LogP contribution in [0, 0.1) is 6.92 Å². The molecule has 0 bridgehead atoms. The minimum Gasteiger partial charge on any atom is -0.496 e. The van der Waals surface area contributed by atoms with Crippen molar-refractivity contribution in [3.63, 3.8) is 0 Å². The van der Waals surface area contributed by atoms with Crippen molar-refractivity contribution in [2.24, 2.45) is 0 Å². The first-order chi connectivity index (χ1) is 12.2. The van der Waals surface area contributed by atoms with Gasteiger partial charge in [0.15, 0.2) is 5.82 Å². The highest BCUT2D eigenvalue weighted by molar-refractivity contribution is 5.36. The fraction of sp³-hybridized carbons (Fsp3) is 0.611. The number of nitrogens with zero attached hydrogens (tertiary/aromatic N) is 6. The number of aromatic nitrogens is 4. The molecule has 0 spiro atoms. The fourth-order valence-corrected chi connectivity index (χ4v) is 3.50. The Morgan fingerprint density at radius 1 is 1.08 bits per heavy atom. The Balaban J connectivity index is 1.32. The van der Waals surface area contributed by atoms with Crippen molar-refractivity contribution in [1.82, 2.24) is 30.0 Å². The van der Waals surface area contributed by atoms with Gasteiger partial charge < -0.3 is 4.74 Å². The van der Waals surface area contributed by atoms with E-state index in [4.69, 9.17) is 4.74 Å². The van der Waals surface area contributed by atoms with Crippen LogP contribution >= 0.6 is 0 Å². The number of aryl methyl sites for hydroxylation is 1. The van der Waals surface area contributed by atoms with Crippen LogP contribution in [0.3, 0.4) is 0 Å². The third-order valence-corrected chi connectivity index (χ3v) is 5.11. The Morgan fingerprint density at radius 3 is 2.48 bits per heavy atom. The molecule has 1 saturated heterocycles. The topological polar surface area (TPSA) is 59.3 Å². The molecule has 4 rings (SSSR count). The van der Waals surface area contributed by atoms with Crippen LogP contribution in [0.4, 0.5) is 0 Å². The van der Waals surface area contributed by atoms with Crippen LogP contribution in [0.5, 0.6) is 5.75 Å². The number of piperazine rings is 1. The number of hydrogen-bond acceptors (Lipinski definition) is 6. The molecule has 134 valence electrons. The summed E-state index contributed by atoms with van der Waals surface area (Å²) in [5, 5.41) is 12.2. The Hall–Kier alpha value is -1.99. The summed E-state index contributed by atoms with van der Waals surface area (Å²) in [6.45, 7) is 8.13. The van der Waals surface area contributed by atoms with Crippen LogP contribution in [0.25, 0.3) is 0 Å². The molecular weight excluding hydrogens is 316 g/mol. The van der Waals surface area contributed by atoms with Gasteiger partial charge >= 0.3 is 0 Å². The lowest BCUT2D eigenvalue weighted by Gasteiger charge is -2.34. The molecule has 2 aromatic rings. The van der Waals surface area contributed by atoms with Crippen molar-refractivity contribution < 1.29 is 4.74 Å². The van der Waals surface area contributed by atoms with Gasteiger partial charge in [-0.25, -0.2) is 4.68 Å². The van der Waals surface area contributed by atoms with Gasteiger partial charge in [-0.15, -0.1) is 5.10 Å². The van der Waals surface area contributed by atoms with E-state index in [0.717, 1.165) is 50.8 Å². The molecular formula is C18H26N6O. The Labute approximate surface area is 148 Å². The van der Waals surface area contributed by atoms with Crippen LogP contribution in [-0.4, -0.2) is 63.3 Å². The summed E-state index contributed by atoms with van der Waals surface area (Å²) in [5.74, 6) is 1.99. The standard InChI is InChI=1S/C18H26N6O/c1-14-3-6-17(25-2)15(11-14)12-22-7-9-23(10-8-22)13-18-19-20-21-24(18)16-4-5-16/h3,6,11,16H,4-5,7-10,12-13H2,1-2H3. The van der Waals surface area contributed by atoms with Gasteiger partial charge in [0.2, 0.25) is 0 Å². The first-order valence-corrected chi connectivity index (χ1v) is 9.08. The van der Waals surface area contributed by atoms with Gasteiger partial charge in [0.1, 0.15) is 5.75 Å². The molecule has 25 heavy (non-hydrogen) atoms. The largest absolute Gasteiger partial charge is 0.496 e. The SMILES string of the molecule is COc1ccc(C)cc1CN1CCN(Cc2nnnn2C2CC2)CC1. The van der Waals surface area contributed by atoms with E-state index in [-0.39, 0.29) is 0 Å². The molecule has 0 atom stereocenters. The number of benzene rings is 1. The van der Waals surface area contributed by atoms with Crippen LogP contribution in [0.15, 0.2) is 18.2 Å². The van der Waals surface area contributed by atoms with E-state index in [1.807, 2.05) is 4.68 Å². The molecule has 1 saturated carbocycles. The van der Waals surface area contributed by atoms with E-state index in [2.05, 4.69) is 50.4 Å². The molecule has 0 unspecified atom stereocenters. The van der Waals surface area contributed by atoms with Gasteiger partial charge in [-0.3, -0.25) is 9.80 Å². The maximum absolute atomic E-state index is 5.51. The van der Waals surface area contributed by atoms with E-state index >= 15 is 0 Å². The molecule has 2 aliphatic rings. The highest BCUT2D eigenvalue weighted by Crippen LogP contribution is 2.34. The Kier molecular flexibility index (Phi) is 4.67. The second-order valence-corrected chi connectivity index (χ2v) is 7.14. The highest BCUT2D eigenvalue weighted by Gasteiger charge is 2.29. The maximum Gasteiger partial charge on any atom is 0.165 e. The molecule has 2 fully saturated rings. The average molecular weight is 342 g/mol. The minimum atomic E-state index is 0.542. The van der Waals surface area contributed by atoms with E-state index in [0.29, 0.717) is 6.04 Å². The lowest BCUT2D eigenvalue weighted by Crippen LogP contribution is -2.45. The fourth-order valence-electron chi connectivity index (χ4n) is 3.50. The number of ether oxygens (including phenoxy) is 1. The Bertz CT molecular complexity index is 718.